The molecule has 4 nitrogen and oxygen atoms in total. The fraction of sp³-hybridized carbons (Fsp3) is 0.923. The first-order chi connectivity index (χ1) is 8.70. The minimum atomic E-state index is -3.39. The molecule has 112 valence electrons. The van der Waals surface area contributed by atoms with Gasteiger partial charge in [-0.05, 0) is 38.5 Å². The third kappa shape index (κ3) is 4.18. The predicted octanol–water partition coefficient (Wildman–Crippen LogP) is 2.13. The first-order valence-electron chi connectivity index (χ1n) is 6.74. The molecule has 0 spiro atoms. The molecule has 1 amide bonds. The minimum Gasteiger partial charge on any atom is -0.354 e. The van der Waals surface area contributed by atoms with Crippen molar-refractivity contribution in [2.75, 3.05) is 18.1 Å². The van der Waals surface area contributed by atoms with Crippen LogP contribution in [-0.4, -0.2) is 37.2 Å². The van der Waals surface area contributed by atoms with Crippen molar-refractivity contribution in [2.24, 2.45) is 11.8 Å². The number of carbonyl (C=O) groups excluding carboxylic acids is 1. The van der Waals surface area contributed by atoms with Crippen molar-refractivity contribution in [2.45, 2.75) is 44.3 Å². The second-order valence-electron chi connectivity index (χ2n) is 5.95. The number of sulfone groups is 1. The lowest BCUT2D eigenvalue weighted by atomic mass is 9.80. The van der Waals surface area contributed by atoms with Crippen LogP contribution in [0.1, 0.15) is 39.5 Å². The third-order valence-corrected chi connectivity index (χ3v) is 7.13. The lowest BCUT2D eigenvalue weighted by Crippen LogP contribution is -2.49. The van der Waals surface area contributed by atoms with Crippen molar-refractivity contribution in [3.8, 4) is 0 Å². The molecule has 19 heavy (non-hydrogen) atoms. The Morgan fingerprint density at radius 2 is 1.79 bits per heavy atom. The van der Waals surface area contributed by atoms with Gasteiger partial charge in [0, 0.05) is 18.1 Å². The molecule has 0 aliphatic heterocycles. The van der Waals surface area contributed by atoms with Gasteiger partial charge in [-0.25, -0.2) is 8.42 Å². The highest BCUT2D eigenvalue weighted by Crippen LogP contribution is 2.31. The van der Waals surface area contributed by atoms with Crippen LogP contribution >= 0.6 is 15.9 Å². The van der Waals surface area contributed by atoms with Crippen LogP contribution in [0.25, 0.3) is 0 Å². The predicted molar refractivity (Wildman–Crippen MR) is 81.2 cm³/mol. The van der Waals surface area contributed by atoms with E-state index in [0.29, 0.717) is 18.4 Å². The van der Waals surface area contributed by atoms with E-state index in [0.717, 1.165) is 18.0 Å². The quantitative estimate of drug-likeness (QED) is 0.770. The molecule has 1 fully saturated rings. The topological polar surface area (TPSA) is 63.2 Å². The largest absolute Gasteiger partial charge is 0.354 e. The average Bonchev–Trinajstić information content (AvgIpc) is 2.34. The third-order valence-electron chi connectivity index (χ3n) is 4.26. The second-order valence-corrected chi connectivity index (χ2v) is 9.16. The Morgan fingerprint density at radius 3 is 2.26 bits per heavy atom. The van der Waals surface area contributed by atoms with E-state index in [-0.39, 0.29) is 0 Å². The van der Waals surface area contributed by atoms with Gasteiger partial charge in [0.25, 0.3) is 0 Å². The molecule has 0 saturated heterocycles. The van der Waals surface area contributed by atoms with Crippen LogP contribution in [0.4, 0.5) is 0 Å². The smallest absolute Gasteiger partial charge is 0.240 e. The molecule has 0 aromatic carbocycles. The molecule has 2 atom stereocenters. The number of halogens is 1. The van der Waals surface area contributed by atoms with E-state index < -0.39 is 20.5 Å². The Balaban J connectivity index is 2.59. The van der Waals surface area contributed by atoms with Crippen molar-refractivity contribution in [3.63, 3.8) is 0 Å². The summed E-state index contributed by atoms with van der Waals surface area (Å²) in [5.41, 5.74) is 0. The summed E-state index contributed by atoms with van der Waals surface area (Å²) in [4.78, 5) is 12.0. The number of rotatable bonds is 5. The highest BCUT2D eigenvalue weighted by molar-refractivity contribution is 9.09. The van der Waals surface area contributed by atoms with Gasteiger partial charge in [0.2, 0.25) is 5.91 Å². The van der Waals surface area contributed by atoms with Gasteiger partial charge in [-0.15, -0.1) is 0 Å². The van der Waals surface area contributed by atoms with Gasteiger partial charge in [-0.3, -0.25) is 4.79 Å². The lowest BCUT2D eigenvalue weighted by Gasteiger charge is -2.31. The standard InChI is InChI=1S/C13H24BrNO3S/c1-13(2,19(3,17)18)12(16)15-9-11-7-5-4-6-10(11)8-14/h10-11H,4-9H2,1-3H3,(H,15,16). The molecule has 0 aromatic heterocycles. The number of carbonyl (C=O) groups is 1. The molecule has 6 heteroatoms. The van der Waals surface area contributed by atoms with Gasteiger partial charge in [-0.1, -0.05) is 28.8 Å². The van der Waals surface area contributed by atoms with Crippen molar-refractivity contribution >= 4 is 31.7 Å². The van der Waals surface area contributed by atoms with Crippen LogP contribution < -0.4 is 5.32 Å². The van der Waals surface area contributed by atoms with Gasteiger partial charge in [0.1, 0.15) is 4.75 Å². The summed E-state index contributed by atoms with van der Waals surface area (Å²) < 4.78 is 21.8. The highest BCUT2D eigenvalue weighted by Gasteiger charge is 2.38. The number of hydrogen-bond donors (Lipinski definition) is 1. The van der Waals surface area contributed by atoms with E-state index in [2.05, 4.69) is 21.2 Å². The van der Waals surface area contributed by atoms with Crippen molar-refractivity contribution < 1.29 is 13.2 Å². The van der Waals surface area contributed by atoms with Crippen LogP contribution in [0, 0.1) is 11.8 Å². The summed E-state index contributed by atoms with van der Waals surface area (Å²) in [6.45, 7) is 3.50. The average molecular weight is 354 g/mol. The number of alkyl halides is 1. The normalized spacial score (nSPS) is 25.1. The molecule has 0 bridgehead atoms. The van der Waals surface area contributed by atoms with Gasteiger partial charge in [0.15, 0.2) is 9.84 Å². The molecule has 1 rings (SSSR count). The number of hydrogen-bond acceptors (Lipinski definition) is 3. The first-order valence-corrected chi connectivity index (χ1v) is 9.75. The van der Waals surface area contributed by atoms with E-state index in [9.17, 15) is 13.2 Å². The van der Waals surface area contributed by atoms with Crippen molar-refractivity contribution in [3.05, 3.63) is 0 Å². The Morgan fingerprint density at radius 1 is 1.26 bits per heavy atom. The van der Waals surface area contributed by atoms with E-state index in [1.54, 1.807) is 0 Å². The molecule has 1 aliphatic rings. The maximum Gasteiger partial charge on any atom is 0.240 e. The van der Waals surface area contributed by atoms with E-state index in [4.69, 9.17) is 0 Å². The summed E-state index contributed by atoms with van der Waals surface area (Å²) in [6.07, 6.45) is 5.83. The van der Waals surface area contributed by atoms with Gasteiger partial charge < -0.3 is 5.32 Å². The van der Waals surface area contributed by atoms with Gasteiger partial charge >= 0.3 is 0 Å². The second kappa shape index (κ2) is 6.57. The molecule has 0 aromatic rings. The lowest BCUT2D eigenvalue weighted by molar-refractivity contribution is -0.123. The van der Waals surface area contributed by atoms with Crippen LogP contribution in [0.5, 0.6) is 0 Å². The van der Waals surface area contributed by atoms with E-state index in [1.807, 2.05) is 0 Å². The highest BCUT2D eigenvalue weighted by atomic mass is 79.9. The summed E-state index contributed by atoms with van der Waals surface area (Å²) in [5, 5.41) is 3.77. The van der Waals surface area contributed by atoms with Crippen LogP contribution in [0.2, 0.25) is 0 Å². The van der Waals surface area contributed by atoms with E-state index >= 15 is 0 Å². The SMILES string of the molecule is CC(C)(C(=O)NCC1CCCCC1CBr)S(C)(=O)=O. The number of amides is 1. The minimum absolute atomic E-state index is 0.395. The Hall–Kier alpha value is -0.100. The Bertz CT molecular complexity index is 420. The zero-order valence-corrected chi connectivity index (χ0v) is 14.3. The summed E-state index contributed by atoms with van der Waals surface area (Å²) >= 11 is 3.52. The molecule has 1 aliphatic carbocycles. The maximum absolute atomic E-state index is 12.0. The Kier molecular flexibility index (Phi) is 5.86. The van der Waals surface area contributed by atoms with E-state index in [1.165, 1.54) is 33.1 Å². The van der Waals surface area contributed by atoms with Crippen LogP contribution in [0.15, 0.2) is 0 Å². The van der Waals surface area contributed by atoms with Gasteiger partial charge in [0.05, 0.1) is 0 Å². The maximum atomic E-state index is 12.0. The van der Waals surface area contributed by atoms with Crippen LogP contribution in [-0.2, 0) is 14.6 Å². The molecule has 0 heterocycles. The molecular formula is C13H24BrNO3S. The first kappa shape index (κ1) is 17.0. The van der Waals surface area contributed by atoms with Crippen LogP contribution in [0.3, 0.4) is 0 Å². The fourth-order valence-electron chi connectivity index (χ4n) is 2.36. The molecule has 0 radical (unpaired) electrons. The van der Waals surface area contributed by atoms with Gasteiger partial charge in [-0.2, -0.15) is 0 Å². The van der Waals surface area contributed by atoms with Crippen molar-refractivity contribution in [1.82, 2.24) is 5.32 Å². The number of nitrogens with one attached hydrogen (secondary N) is 1. The summed E-state index contributed by atoms with van der Waals surface area (Å²) in [6, 6.07) is 0. The van der Waals surface area contributed by atoms with Crippen molar-refractivity contribution in [1.29, 1.82) is 0 Å². The summed E-state index contributed by atoms with van der Waals surface area (Å²) in [5.74, 6) is 0.636. The monoisotopic (exact) mass is 353 g/mol. The zero-order chi connectivity index (χ0) is 14.7. The zero-order valence-electron chi connectivity index (χ0n) is 11.9. The molecule has 1 N–H and O–H groups in total. The summed E-state index contributed by atoms with van der Waals surface area (Å²) in [7, 11) is -3.39. The molecule has 1 saturated carbocycles. The Labute approximate surface area is 124 Å². The molecule has 2 unspecified atom stereocenters. The molecular weight excluding hydrogens is 330 g/mol. The fourth-order valence-corrected chi connectivity index (χ4v) is 3.62.